The summed E-state index contributed by atoms with van der Waals surface area (Å²) in [6.45, 7) is 3.02. The SMILES string of the molecule is CC(F)(c1cc(Br)ccc1F)C1CCCNC1. The van der Waals surface area contributed by atoms with E-state index in [9.17, 15) is 8.78 Å². The van der Waals surface area contributed by atoms with Crippen LogP contribution in [0.1, 0.15) is 25.3 Å². The Morgan fingerprint density at radius 2 is 2.24 bits per heavy atom. The Labute approximate surface area is 109 Å². The predicted octanol–water partition coefficient (Wildman–Crippen LogP) is 3.77. The molecule has 1 aromatic rings. The van der Waals surface area contributed by atoms with Gasteiger partial charge in [0.25, 0.3) is 0 Å². The third-order valence-corrected chi connectivity index (χ3v) is 4.01. The molecule has 1 aliphatic rings. The van der Waals surface area contributed by atoms with E-state index in [0.29, 0.717) is 11.0 Å². The highest BCUT2D eigenvalue weighted by molar-refractivity contribution is 9.10. The zero-order valence-electron chi connectivity index (χ0n) is 9.77. The van der Waals surface area contributed by atoms with Crippen LogP contribution in [0.2, 0.25) is 0 Å². The maximum atomic E-state index is 14.8. The number of rotatable bonds is 2. The molecule has 1 fully saturated rings. The van der Waals surface area contributed by atoms with Crippen molar-refractivity contribution in [3.05, 3.63) is 34.1 Å². The van der Waals surface area contributed by atoms with Gasteiger partial charge in [0.05, 0.1) is 0 Å². The van der Waals surface area contributed by atoms with E-state index in [4.69, 9.17) is 0 Å². The molecular formula is C13H16BrF2N. The summed E-state index contributed by atoms with van der Waals surface area (Å²) in [6.07, 6.45) is 1.74. The molecule has 1 aliphatic heterocycles. The monoisotopic (exact) mass is 303 g/mol. The summed E-state index contributed by atoms with van der Waals surface area (Å²) < 4.78 is 29.3. The molecule has 0 aliphatic carbocycles. The minimum atomic E-state index is -1.62. The molecule has 2 rings (SSSR count). The third-order valence-electron chi connectivity index (χ3n) is 3.52. The largest absolute Gasteiger partial charge is 0.316 e. The van der Waals surface area contributed by atoms with Crippen molar-refractivity contribution in [2.45, 2.75) is 25.4 Å². The van der Waals surface area contributed by atoms with Gasteiger partial charge in [-0.15, -0.1) is 0 Å². The second-order valence-electron chi connectivity index (χ2n) is 4.74. The van der Waals surface area contributed by atoms with Crippen molar-refractivity contribution in [1.29, 1.82) is 0 Å². The number of alkyl halides is 1. The summed E-state index contributed by atoms with van der Waals surface area (Å²) in [5, 5.41) is 3.17. The predicted molar refractivity (Wildman–Crippen MR) is 68.2 cm³/mol. The normalized spacial score (nSPS) is 24.4. The molecule has 4 heteroatoms. The van der Waals surface area contributed by atoms with Gasteiger partial charge in [0, 0.05) is 22.5 Å². The standard InChI is InChI=1S/C13H16BrF2N/c1-13(16,9-3-2-6-17-8-9)11-7-10(14)4-5-12(11)15/h4-5,7,9,17H,2-3,6,8H2,1H3. The topological polar surface area (TPSA) is 12.0 Å². The first-order valence-corrected chi connectivity index (χ1v) is 6.66. The van der Waals surface area contributed by atoms with E-state index in [1.165, 1.54) is 13.0 Å². The lowest BCUT2D eigenvalue weighted by atomic mass is 9.80. The Balaban J connectivity index is 2.32. The minimum Gasteiger partial charge on any atom is -0.316 e. The third kappa shape index (κ3) is 2.68. The summed E-state index contributed by atoms with van der Waals surface area (Å²) in [5.74, 6) is -0.635. The molecule has 0 saturated carbocycles. The number of piperidine rings is 1. The van der Waals surface area contributed by atoms with E-state index in [2.05, 4.69) is 21.2 Å². The summed E-state index contributed by atoms with van der Waals surface area (Å²) in [7, 11) is 0. The van der Waals surface area contributed by atoms with Gasteiger partial charge in [-0.05, 0) is 44.5 Å². The van der Waals surface area contributed by atoms with E-state index in [0.717, 1.165) is 19.4 Å². The van der Waals surface area contributed by atoms with Gasteiger partial charge in [0.15, 0.2) is 0 Å². The van der Waals surface area contributed by atoms with Crippen molar-refractivity contribution in [3.8, 4) is 0 Å². The fourth-order valence-electron chi connectivity index (χ4n) is 2.41. The van der Waals surface area contributed by atoms with Crippen LogP contribution in [0.15, 0.2) is 22.7 Å². The number of nitrogens with one attached hydrogen (secondary N) is 1. The van der Waals surface area contributed by atoms with Crippen LogP contribution < -0.4 is 5.32 Å². The van der Waals surface area contributed by atoms with Gasteiger partial charge >= 0.3 is 0 Å². The van der Waals surface area contributed by atoms with E-state index >= 15 is 0 Å². The van der Waals surface area contributed by atoms with Gasteiger partial charge < -0.3 is 5.32 Å². The minimum absolute atomic E-state index is 0.153. The van der Waals surface area contributed by atoms with Crippen molar-refractivity contribution in [3.63, 3.8) is 0 Å². The molecule has 2 atom stereocenters. The van der Waals surface area contributed by atoms with Crippen LogP contribution in [0.3, 0.4) is 0 Å². The summed E-state index contributed by atoms with van der Waals surface area (Å²) in [6, 6.07) is 4.45. The number of hydrogen-bond acceptors (Lipinski definition) is 1. The second kappa shape index (κ2) is 5.02. The number of benzene rings is 1. The maximum absolute atomic E-state index is 14.8. The number of hydrogen-bond donors (Lipinski definition) is 1. The van der Waals surface area contributed by atoms with Crippen LogP contribution in [0.4, 0.5) is 8.78 Å². The van der Waals surface area contributed by atoms with E-state index in [-0.39, 0.29) is 11.5 Å². The van der Waals surface area contributed by atoms with Gasteiger partial charge in [-0.1, -0.05) is 15.9 Å². The van der Waals surface area contributed by atoms with Crippen LogP contribution >= 0.6 is 15.9 Å². The Kier molecular flexibility index (Phi) is 3.83. The molecule has 0 radical (unpaired) electrons. The lowest BCUT2D eigenvalue weighted by Crippen LogP contribution is -2.40. The van der Waals surface area contributed by atoms with Crippen molar-refractivity contribution >= 4 is 15.9 Å². The van der Waals surface area contributed by atoms with Crippen LogP contribution in [-0.2, 0) is 5.67 Å². The first-order chi connectivity index (χ1) is 8.01. The molecule has 0 aromatic heterocycles. The fraction of sp³-hybridized carbons (Fsp3) is 0.538. The quantitative estimate of drug-likeness (QED) is 0.877. The molecule has 1 heterocycles. The van der Waals surface area contributed by atoms with E-state index < -0.39 is 11.5 Å². The Morgan fingerprint density at radius 3 is 2.88 bits per heavy atom. The highest BCUT2D eigenvalue weighted by Crippen LogP contribution is 2.39. The Hall–Kier alpha value is -0.480. The van der Waals surface area contributed by atoms with Crippen LogP contribution in [0.25, 0.3) is 0 Å². The molecule has 0 bridgehead atoms. The van der Waals surface area contributed by atoms with Gasteiger partial charge in [-0.2, -0.15) is 0 Å². The van der Waals surface area contributed by atoms with Gasteiger partial charge in [-0.3, -0.25) is 0 Å². The summed E-state index contributed by atoms with van der Waals surface area (Å²) in [5.41, 5.74) is -1.47. The molecule has 0 spiro atoms. The zero-order chi connectivity index (χ0) is 12.5. The molecule has 2 unspecified atom stereocenters. The Bertz CT molecular complexity index is 400. The van der Waals surface area contributed by atoms with Crippen molar-refractivity contribution in [2.24, 2.45) is 5.92 Å². The molecule has 1 N–H and O–H groups in total. The van der Waals surface area contributed by atoms with Crippen LogP contribution in [-0.4, -0.2) is 13.1 Å². The molecule has 1 nitrogen and oxygen atoms in total. The Morgan fingerprint density at radius 1 is 1.47 bits per heavy atom. The van der Waals surface area contributed by atoms with Crippen LogP contribution in [0.5, 0.6) is 0 Å². The zero-order valence-corrected chi connectivity index (χ0v) is 11.4. The van der Waals surface area contributed by atoms with Crippen molar-refractivity contribution in [1.82, 2.24) is 5.32 Å². The van der Waals surface area contributed by atoms with E-state index in [1.807, 2.05) is 0 Å². The molecule has 1 saturated heterocycles. The molecule has 17 heavy (non-hydrogen) atoms. The average molecular weight is 304 g/mol. The van der Waals surface area contributed by atoms with Crippen LogP contribution in [0, 0.1) is 11.7 Å². The maximum Gasteiger partial charge on any atom is 0.140 e. The van der Waals surface area contributed by atoms with Crippen molar-refractivity contribution in [2.75, 3.05) is 13.1 Å². The van der Waals surface area contributed by atoms with Crippen molar-refractivity contribution < 1.29 is 8.78 Å². The number of halogens is 3. The lowest BCUT2D eigenvalue weighted by molar-refractivity contribution is 0.0771. The van der Waals surface area contributed by atoms with E-state index in [1.54, 1.807) is 12.1 Å². The highest BCUT2D eigenvalue weighted by Gasteiger charge is 2.38. The molecular weight excluding hydrogens is 288 g/mol. The molecule has 1 aromatic carbocycles. The molecule has 94 valence electrons. The summed E-state index contributed by atoms with van der Waals surface area (Å²) in [4.78, 5) is 0. The van der Waals surface area contributed by atoms with Gasteiger partial charge in [0.1, 0.15) is 11.5 Å². The molecule has 0 amide bonds. The first-order valence-electron chi connectivity index (χ1n) is 5.87. The lowest BCUT2D eigenvalue weighted by Gasteiger charge is -2.34. The summed E-state index contributed by atoms with van der Waals surface area (Å²) >= 11 is 3.26. The van der Waals surface area contributed by atoms with Gasteiger partial charge in [-0.25, -0.2) is 8.78 Å². The first kappa shape index (κ1) is 13.0. The second-order valence-corrected chi connectivity index (χ2v) is 5.66. The highest BCUT2D eigenvalue weighted by atomic mass is 79.9. The van der Waals surface area contributed by atoms with Gasteiger partial charge in [0.2, 0.25) is 0 Å². The average Bonchev–Trinajstić information content (AvgIpc) is 2.33. The fourth-order valence-corrected chi connectivity index (χ4v) is 2.77. The smallest absolute Gasteiger partial charge is 0.140 e.